The Bertz CT molecular complexity index is 484. The summed E-state index contributed by atoms with van der Waals surface area (Å²) >= 11 is 5.76. The second-order valence-corrected chi connectivity index (χ2v) is 4.62. The Morgan fingerprint density at radius 3 is 2.95 bits per heavy atom. The fourth-order valence-electron chi connectivity index (χ4n) is 1.88. The van der Waals surface area contributed by atoms with Gasteiger partial charge in [0.05, 0.1) is 6.07 Å². The molecular weight excluding hydrogens is 266 g/mol. The van der Waals surface area contributed by atoms with Crippen LogP contribution in [0, 0.1) is 11.3 Å². The third kappa shape index (κ3) is 3.60. The Balaban J connectivity index is 1.90. The number of halogens is 1. The van der Waals surface area contributed by atoms with Gasteiger partial charge in [-0.1, -0.05) is 11.6 Å². The number of carbonyl (C=O) groups is 1. The maximum absolute atomic E-state index is 12.0. The van der Waals surface area contributed by atoms with Crippen LogP contribution in [0.25, 0.3) is 0 Å². The van der Waals surface area contributed by atoms with E-state index in [4.69, 9.17) is 21.6 Å². The van der Waals surface area contributed by atoms with E-state index in [0.29, 0.717) is 30.4 Å². The Morgan fingerprint density at radius 1 is 1.53 bits per heavy atom. The molecule has 1 amide bonds. The van der Waals surface area contributed by atoms with Gasteiger partial charge in [0, 0.05) is 24.7 Å². The predicted octanol–water partition coefficient (Wildman–Crippen LogP) is 1.04. The van der Waals surface area contributed by atoms with Crippen molar-refractivity contribution in [2.75, 3.05) is 26.2 Å². The van der Waals surface area contributed by atoms with Gasteiger partial charge in [-0.05, 0) is 24.3 Å². The summed E-state index contributed by atoms with van der Waals surface area (Å²) in [4.78, 5) is 13.6. The molecule has 0 aromatic heterocycles. The summed E-state index contributed by atoms with van der Waals surface area (Å²) in [6.07, 6.45) is 0. The number of amides is 1. The number of nitrogens with one attached hydrogen (secondary N) is 1. The number of rotatable bonds is 3. The van der Waals surface area contributed by atoms with Crippen molar-refractivity contribution < 1.29 is 9.53 Å². The van der Waals surface area contributed by atoms with Crippen molar-refractivity contribution in [3.63, 3.8) is 0 Å². The first-order valence-electron chi connectivity index (χ1n) is 5.99. The van der Waals surface area contributed by atoms with Crippen molar-refractivity contribution in [1.29, 1.82) is 5.26 Å². The highest BCUT2D eigenvalue weighted by Crippen LogP contribution is 2.15. The van der Waals surface area contributed by atoms with E-state index in [2.05, 4.69) is 11.4 Å². The smallest absolute Gasteiger partial charge is 0.261 e. The molecule has 1 fully saturated rings. The lowest BCUT2D eigenvalue weighted by atomic mass is 10.2. The van der Waals surface area contributed by atoms with Crippen LogP contribution in [0.5, 0.6) is 5.75 Å². The molecule has 100 valence electrons. The zero-order chi connectivity index (χ0) is 13.7. The molecule has 1 atom stereocenters. The molecule has 0 saturated carbocycles. The van der Waals surface area contributed by atoms with Gasteiger partial charge in [0.15, 0.2) is 6.61 Å². The van der Waals surface area contributed by atoms with Gasteiger partial charge in [-0.25, -0.2) is 0 Å². The van der Waals surface area contributed by atoms with Gasteiger partial charge >= 0.3 is 0 Å². The first-order valence-corrected chi connectivity index (χ1v) is 6.36. The molecule has 0 spiro atoms. The predicted molar refractivity (Wildman–Crippen MR) is 70.9 cm³/mol. The summed E-state index contributed by atoms with van der Waals surface area (Å²) in [5, 5.41) is 12.7. The van der Waals surface area contributed by atoms with Crippen LogP contribution in [0.2, 0.25) is 5.02 Å². The van der Waals surface area contributed by atoms with Crippen LogP contribution >= 0.6 is 11.6 Å². The van der Waals surface area contributed by atoms with Gasteiger partial charge in [-0.3, -0.25) is 4.79 Å². The van der Waals surface area contributed by atoms with Gasteiger partial charge in [-0.15, -0.1) is 0 Å². The summed E-state index contributed by atoms with van der Waals surface area (Å²) in [5.41, 5.74) is 0. The van der Waals surface area contributed by atoms with Crippen LogP contribution in [0.3, 0.4) is 0 Å². The first kappa shape index (κ1) is 13.7. The minimum absolute atomic E-state index is 0.0696. The van der Waals surface area contributed by atoms with Crippen molar-refractivity contribution in [1.82, 2.24) is 10.2 Å². The molecule has 5 nitrogen and oxygen atoms in total. The Labute approximate surface area is 116 Å². The van der Waals surface area contributed by atoms with Crippen molar-refractivity contribution in [2.24, 2.45) is 0 Å². The lowest BCUT2D eigenvalue weighted by Crippen LogP contribution is -2.54. The number of hydrogen-bond donors (Lipinski definition) is 1. The first-order chi connectivity index (χ1) is 9.20. The highest BCUT2D eigenvalue weighted by atomic mass is 35.5. The van der Waals surface area contributed by atoms with Crippen LogP contribution in [0.4, 0.5) is 0 Å². The fraction of sp³-hybridized carbons (Fsp3) is 0.385. The second-order valence-electron chi connectivity index (χ2n) is 4.18. The van der Waals surface area contributed by atoms with E-state index in [0.717, 1.165) is 0 Å². The molecule has 1 N–H and O–H groups in total. The SMILES string of the molecule is N#CC1CNCCN1C(=O)COc1ccc(Cl)cc1. The van der Waals surface area contributed by atoms with E-state index in [1.54, 1.807) is 29.2 Å². The average Bonchev–Trinajstić information content (AvgIpc) is 2.46. The molecule has 19 heavy (non-hydrogen) atoms. The van der Waals surface area contributed by atoms with E-state index in [-0.39, 0.29) is 12.5 Å². The summed E-state index contributed by atoms with van der Waals surface area (Å²) in [6, 6.07) is 8.49. The van der Waals surface area contributed by atoms with Crippen LogP contribution in [0.1, 0.15) is 0 Å². The number of piperazine rings is 1. The van der Waals surface area contributed by atoms with Gasteiger partial charge in [-0.2, -0.15) is 5.26 Å². The molecule has 1 saturated heterocycles. The summed E-state index contributed by atoms with van der Waals surface area (Å²) < 4.78 is 5.39. The molecule has 1 aromatic rings. The van der Waals surface area contributed by atoms with E-state index in [1.165, 1.54) is 0 Å². The van der Waals surface area contributed by atoms with E-state index in [1.807, 2.05) is 0 Å². The monoisotopic (exact) mass is 279 g/mol. The standard InChI is InChI=1S/C13H14ClN3O2/c14-10-1-3-12(4-2-10)19-9-13(18)17-6-5-16-8-11(17)7-15/h1-4,11,16H,5-6,8-9H2. The largest absolute Gasteiger partial charge is 0.484 e. The Hall–Kier alpha value is -1.77. The lowest BCUT2D eigenvalue weighted by molar-refractivity contribution is -0.135. The molecule has 1 aliphatic rings. The molecule has 0 aliphatic carbocycles. The zero-order valence-electron chi connectivity index (χ0n) is 10.3. The topological polar surface area (TPSA) is 65.4 Å². The normalized spacial score (nSPS) is 18.7. The lowest BCUT2D eigenvalue weighted by Gasteiger charge is -2.31. The molecule has 6 heteroatoms. The number of benzene rings is 1. The van der Waals surface area contributed by atoms with Crippen LogP contribution < -0.4 is 10.1 Å². The maximum Gasteiger partial charge on any atom is 0.261 e. The number of ether oxygens (including phenoxy) is 1. The number of nitriles is 1. The van der Waals surface area contributed by atoms with Crippen molar-refractivity contribution in [3.05, 3.63) is 29.3 Å². The van der Waals surface area contributed by atoms with E-state index in [9.17, 15) is 4.79 Å². The van der Waals surface area contributed by atoms with Gasteiger partial charge in [0.25, 0.3) is 5.91 Å². The zero-order valence-corrected chi connectivity index (χ0v) is 11.1. The molecule has 1 aromatic carbocycles. The number of hydrogen-bond acceptors (Lipinski definition) is 4. The quantitative estimate of drug-likeness (QED) is 0.898. The third-order valence-corrected chi connectivity index (χ3v) is 3.14. The highest BCUT2D eigenvalue weighted by molar-refractivity contribution is 6.30. The maximum atomic E-state index is 12.0. The summed E-state index contributed by atoms with van der Waals surface area (Å²) in [7, 11) is 0. The molecular formula is C13H14ClN3O2. The fourth-order valence-corrected chi connectivity index (χ4v) is 2.00. The van der Waals surface area contributed by atoms with E-state index >= 15 is 0 Å². The second kappa shape index (κ2) is 6.41. The van der Waals surface area contributed by atoms with Crippen LogP contribution in [0.15, 0.2) is 24.3 Å². The van der Waals surface area contributed by atoms with Gasteiger partial charge in [0.1, 0.15) is 11.8 Å². The average molecular weight is 280 g/mol. The van der Waals surface area contributed by atoms with Crippen LogP contribution in [-0.4, -0.2) is 43.1 Å². The summed E-state index contributed by atoms with van der Waals surface area (Å²) in [5.74, 6) is 0.407. The molecule has 2 rings (SSSR count). The number of carbonyl (C=O) groups excluding carboxylic acids is 1. The van der Waals surface area contributed by atoms with E-state index < -0.39 is 6.04 Å². The minimum atomic E-state index is -0.421. The van der Waals surface area contributed by atoms with Crippen LogP contribution in [-0.2, 0) is 4.79 Å². The highest BCUT2D eigenvalue weighted by Gasteiger charge is 2.26. The Morgan fingerprint density at radius 2 is 2.26 bits per heavy atom. The van der Waals surface area contributed by atoms with Gasteiger partial charge in [0.2, 0.25) is 0 Å². The molecule has 1 heterocycles. The Kier molecular flexibility index (Phi) is 4.61. The minimum Gasteiger partial charge on any atom is -0.484 e. The number of nitrogens with zero attached hydrogens (tertiary/aromatic N) is 2. The summed E-state index contributed by atoms with van der Waals surface area (Å²) in [6.45, 7) is 1.66. The van der Waals surface area contributed by atoms with Gasteiger partial charge < -0.3 is 15.0 Å². The third-order valence-electron chi connectivity index (χ3n) is 2.89. The van der Waals surface area contributed by atoms with Crippen molar-refractivity contribution in [3.8, 4) is 11.8 Å². The molecule has 0 bridgehead atoms. The van der Waals surface area contributed by atoms with Crippen molar-refractivity contribution in [2.45, 2.75) is 6.04 Å². The molecule has 0 radical (unpaired) electrons. The molecule has 1 aliphatic heterocycles. The molecule has 1 unspecified atom stereocenters. The van der Waals surface area contributed by atoms with Crippen molar-refractivity contribution >= 4 is 17.5 Å².